The van der Waals surface area contributed by atoms with Crippen molar-refractivity contribution in [3.63, 3.8) is 0 Å². The molecule has 1 aromatic rings. The van der Waals surface area contributed by atoms with Gasteiger partial charge < -0.3 is 0 Å². The van der Waals surface area contributed by atoms with Gasteiger partial charge in [-0.05, 0) is 24.0 Å². The van der Waals surface area contributed by atoms with Crippen LogP contribution in [0.1, 0.15) is 43.7 Å². The van der Waals surface area contributed by atoms with Crippen LogP contribution in [-0.4, -0.2) is 28.9 Å². The zero-order valence-corrected chi connectivity index (χ0v) is 12.9. The number of pyridine rings is 1. The topological polar surface area (TPSA) is 71.2 Å². The molecule has 1 aromatic heterocycles. The van der Waals surface area contributed by atoms with Crippen LogP contribution in [0.15, 0.2) is 18.3 Å². The van der Waals surface area contributed by atoms with Gasteiger partial charge in [-0.3, -0.25) is 20.1 Å². The number of hydrogen-bond donors (Lipinski definition) is 2. The molecule has 0 aliphatic heterocycles. The molecule has 0 atom stereocenters. The van der Waals surface area contributed by atoms with Crippen LogP contribution in [0.3, 0.4) is 0 Å². The first-order valence-electron chi connectivity index (χ1n) is 7.10. The zero-order valence-electron chi connectivity index (χ0n) is 12.9. The van der Waals surface area contributed by atoms with Crippen molar-refractivity contribution < 1.29 is 4.79 Å². The molecule has 112 valence electrons. The minimum atomic E-state index is -0.315. The molecule has 20 heavy (non-hydrogen) atoms. The summed E-state index contributed by atoms with van der Waals surface area (Å²) in [7, 11) is 0. The first-order valence-corrected chi connectivity index (χ1v) is 7.10. The van der Waals surface area contributed by atoms with E-state index in [-0.39, 0.29) is 5.91 Å². The van der Waals surface area contributed by atoms with E-state index in [0.29, 0.717) is 17.4 Å². The van der Waals surface area contributed by atoms with Crippen LogP contribution in [0.2, 0.25) is 0 Å². The lowest BCUT2D eigenvalue weighted by Crippen LogP contribution is -2.31. The van der Waals surface area contributed by atoms with Crippen LogP contribution in [0.5, 0.6) is 0 Å². The number of nitrogens with one attached hydrogen (secondary N) is 1. The van der Waals surface area contributed by atoms with E-state index in [1.165, 1.54) is 0 Å². The molecule has 1 amide bonds. The molecule has 1 heterocycles. The van der Waals surface area contributed by atoms with Crippen molar-refractivity contribution in [1.29, 1.82) is 0 Å². The fraction of sp³-hybridized carbons (Fsp3) is 0.600. The van der Waals surface area contributed by atoms with E-state index in [9.17, 15) is 4.79 Å². The van der Waals surface area contributed by atoms with Crippen molar-refractivity contribution in [3.8, 4) is 0 Å². The van der Waals surface area contributed by atoms with Gasteiger partial charge >= 0.3 is 0 Å². The van der Waals surface area contributed by atoms with Gasteiger partial charge in [-0.2, -0.15) is 0 Å². The van der Waals surface area contributed by atoms with E-state index in [2.05, 4.69) is 43.0 Å². The normalized spacial score (nSPS) is 11.4. The maximum absolute atomic E-state index is 11.4. The van der Waals surface area contributed by atoms with Crippen LogP contribution in [-0.2, 0) is 6.54 Å². The summed E-state index contributed by atoms with van der Waals surface area (Å²) in [5.74, 6) is 6.03. The summed E-state index contributed by atoms with van der Waals surface area (Å²) in [4.78, 5) is 18.1. The Morgan fingerprint density at radius 3 is 2.25 bits per heavy atom. The van der Waals surface area contributed by atoms with Crippen molar-refractivity contribution in [1.82, 2.24) is 15.3 Å². The van der Waals surface area contributed by atoms with Crippen molar-refractivity contribution >= 4 is 5.91 Å². The number of amides is 1. The van der Waals surface area contributed by atoms with Crippen molar-refractivity contribution in [2.45, 2.75) is 34.2 Å². The fourth-order valence-electron chi connectivity index (χ4n) is 2.20. The van der Waals surface area contributed by atoms with Gasteiger partial charge in [0.25, 0.3) is 5.91 Å². The van der Waals surface area contributed by atoms with Gasteiger partial charge in [0.05, 0.1) is 11.3 Å². The highest BCUT2D eigenvalue weighted by molar-refractivity contribution is 5.93. The second-order valence-electron chi connectivity index (χ2n) is 5.99. The molecule has 0 spiro atoms. The molecule has 5 heteroatoms. The Balaban J connectivity index is 2.70. The number of hydrogen-bond acceptors (Lipinski definition) is 4. The van der Waals surface area contributed by atoms with Gasteiger partial charge in [0, 0.05) is 25.8 Å². The molecule has 0 fully saturated rings. The average Bonchev–Trinajstić information content (AvgIpc) is 2.37. The summed E-state index contributed by atoms with van der Waals surface area (Å²) in [6.07, 6.45) is 1.57. The Hall–Kier alpha value is -1.46. The molecule has 0 aliphatic rings. The number of carbonyl (C=O) groups excluding carboxylic acids is 1. The lowest BCUT2D eigenvalue weighted by Gasteiger charge is -2.25. The van der Waals surface area contributed by atoms with Gasteiger partial charge in [0.2, 0.25) is 0 Å². The highest BCUT2D eigenvalue weighted by Gasteiger charge is 2.11. The largest absolute Gasteiger partial charge is 0.297 e. The molecule has 1 rings (SSSR count). The van der Waals surface area contributed by atoms with E-state index in [1.807, 2.05) is 6.07 Å². The molecule has 0 aliphatic carbocycles. The third kappa shape index (κ3) is 5.67. The molecular formula is C15H26N4O. The molecule has 5 nitrogen and oxygen atoms in total. The summed E-state index contributed by atoms with van der Waals surface area (Å²) in [6, 6.07) is 3.64. The monoisotopic (exact) mass is 278 g/mol. The molecule has 0 unspecified atom stereocenters. The van der Waals surface area contributed by atoms with E-state index in [4.69, 9.17) is 5.84 Å². The van der Waals surface area contributed by atoms with E-state index in [0.717, 1.165) is 25.3 Å². The number of nitrogens with zero attached hydrogens (tertiary/aromatic N) is 2. The predicted octanol–water partition coefficient (Wildman–Crippen LogP) is 1.80. The summed E-state index contributed by atoms with van der Waals surface area (Å²) < 4.78 is 0. The number of carbonyl (C=O) groups is 1. The average molecular weight is 278 g/mol. The number of nitrogens with two attached hydrogens (primary N) is 1. The molecule has 0 aromatic carbocycles. The Kier molecular flexibility index (Phi) is 6.61. The molecule has 0 saturated carbocycles. The Morgan fingerprint density at radius 2 is 1.85 bits per heavy atom. The zero-order chi connectivity index (χ0) is 15.1. The first-order chi connectivity index (χ1) is 9.42. The lowest BCUT2D eigenvalue weighted by atomic mass is 10.1. The molecule has 0 saturated heterocycles. The molecule has 3 N–H and O–H groups in total. The third-order valence-electron chi connectivity index (χ3n) is 2.85. The number of nitrogen functional groups attached to an aromatic ring is 1. The van der Waals surface area contributed by atoms with Crippen molar-refractivity contribution in [2.24, 2.45) is 17.7 Å². The number of hydrazine groups is 1. The highest BCUT2D eigenvalue weighted by Crippen LogP contribution is 2.09. The Morgan fingerprint density at radius 1 is 1.25 bits per heavy atom. The minimum absolute atomic E-state index is 0.315. The maximum atomic E-state index is 11.4. The van der Waals surface area contributed by atoms with Crippen molar-refractivity contribution in [3.05, 3.63) is 29.6 Å². The second-order valence-corrected chi connectivity index (χ2v) is 5.99. The van der Waals surface area contributed by atoms with Crippen LogP contribution >= 0.6 is 0 Å². The summed E-state index contributed by atoms with van der Waals surface area (Å²) in [5, 5.41) is 0. The van der Waals surface area contributed by atoms with E-state index >= 15 is 0 Å². The van der Waals surface area contributed by atoms with E-state index in [1.54, 1.807) is 12.3 Å². The standard InChI is InChI=1S/C15H26N4O/c1-11(2)8-19(9-12(3)4)10-14-6-5-13(7-17-14)15(20)18-16/h5-7,11-12H,8-10,16H2,1-4H3,(H,18,20). The third-order valence-corrected chi connectivity index (χ3v) is 2.85. The fourth-order valence-corrected chi connectivity index (χ4v) is 2.20. The quantitative estimate of drug-likeness (QED) is 0.453. The highest BCUT2D eigenvalue weighted by atomic mass is 16.2. The van der Waals surface area contributed by atoms with Gasteiger partial charge in [-0.15, -0.1) is 0 Å². The summed E-state index contributed by atoms with van der Waals surface area (Å²) in [6.45, 7) is 11.8. The maximum Gasteiger partial charge on any atom is 0.266 e. The van der Waals surface area contributed by atoms with Crippen LogP contribution in [0.4, 0.5) is 0 Å². The molecule has 0 radical (unpaired) electrons. The minimum Gasteiger partial charge on any atom is -0.297 e. The van der Waals surface area contributed by atoms with Crippen LogP contribution in [0.25, 0.3) is 0 Å². The molecule has 0 bridgehead atoms. The van der Waals surface area contributed by atoms with Gasteiger partial charge in [0.1, 0.15) is 0 Å². The second kappa shape index (κ2) is 7.97. The Bertz CT molecular complexity index is 404. The smallest absolute Gasteiger partial charge is 0.266 e. The van der Waals surface area contributed by atoms with Gasteiger partial charge in [0.15, 0.2) is 0 Å². The van der Waals surface area contributed by atoms with Crippen LogP contribution < -0.4 is 11.3 Å². The van der Waals surface area contributed by atoms with Crippen LogP contribution in [0, 0.1) is 11.8 Å². The van der Waals surface area contributed by atoms with Gasteiger partial charge in [-0.1, -0.05) is 27.7 Å². The first kappa shape index (κ1) is 16.6. The predicted molar refractivity (Wildman–Crippen MR) is 80.8 cm³/mol. The van der Waals surface area contributed by atoms with Gasteiger partial charge in [-0.25, -0.2) is 5.84 Å². The number of aromatic nitrogens is 1. The summed E-state index contributed by atoms with van der Waals surface area (Å²) >= 11 is 0. The summed E-state index contributed by atoms with van der Waals surface area (Å²) in [5.41, 5.74) is 3.56. The number of rotatable bonds is 7. The van der Waals surface area contributed by atoms with Crippen molar-refractivity contribution in [2.75, 3.05) is 13.1 Å². The SMILES string of the molecule is CC(C)CN(Cc1ccc(C(=O)NN)cn1)CC(C)C. The molecular weight excluding hydrogens is 252 g/mol. The lowest BCUT2D eigenvalue weighted by molar-refractivity contribution is 0.0953. The Labute approximate surface area is 121 Å². The van der Waals surface area contributed by atoms with E-state index < -0.39 is 0 Å².